The number of carbonyl (C=O) groups excluding carboxylic acids is 1. The summed E-state index contributed by atoms with van der Waals surface area (Å²) in [6.45, 7) is 0. The molecule has 3 heterocycles. The summed E-state index contributed by atoms with van der Waals surface area (Å²) < 4.78 is 40.2. The van der Waals surface area contributed by atoms with Crippen molar-refractivity contribution in [1.29, 1.82) is 0 Å². The van der Waals surface area contributed by atoms with Crippen molar-refractivity contribution in [3.8, 4) is 0 Å². The molecule has 3 aromatic rings. The molecule has 1 amide bonds. The van der Waals surface area contributed by atoms with Crippen molar-refractivity contribution >= 4 is 51.8 Å². The van der Waals surface area contributed by atoms with Gasteiger partial charge in [0, 0.05) is 25.5 Å². The number of imidazole rings is 1. The van der Waals surface area contributed by atoms with Gasteiger partial charge in [-0.2, -0.15) is 13.2 Å². The van der Waals surface area contributed by atoms with Gasteiger partial charge in [-0.15, -0.1) is 0 Å². The van der Waals surface area contributed by atoms with Crippen LogP contribution in [-0.4, -0.2) is 37.6 Å². The van der Waals surface area contributed by atoms with E-state index in [1.54, 1.807) is 11.6 Å². The number of aryl methyl sites for hydroxylation is 1. The van der Waals surface area contributed by atoms with Crippen molar-refractivity contribution in [2.75, 3.05) is 5.32 Å². The lowest BCUT2D eigenvalue weighted by Crippen LogP contribution is -2.40. The van der Waals surface area contributed by atoms with Crippen LogP contribution in [-0.2, 0) is 7.05 Å². The minimum atomic E-state index is -4.18. The number of hydrogen-bond donors (Lipinski definition) is 2. The number of pyridine rings is 2. The number of rotatable bonds is 4. The summed E-state index contributed by atoms with van der Waals surface area (Å²) in [6.07, 6.45) is 0.810. The number of hydrogen-bond acceptors (Lipinski definition) is 5. The van der Waals surface area contributed by atoms with Gasteiger partial charge in [-0.05, 0) is 31.7 Å². The Kier molecular flexibility index (Phi) is 6.17. The van der Waals surface area contributed by atoms with E-state index < -0.39 is 18.0 Å². The lowest BCUT2D eigenvalue weighted by atomic mass is 9.85. The highest BCUT2D eigenvalue weighted by Gasteiger charge is 2.41. The van der Waals surface area contributed by atoms with Crippen molar-refractivity contribution in [3.05, 3.63) is 40.4 Å². The molecule has 0 aromatic carbocycles. The molecule has 0 saturated heterocycles. The fourth-order valence-electron chi connectivity index (χ4n) is 3.79. The first-order chi connectivity index (χ1) is 15.1. The van der Waals surface area contributed by atoms with E-state index in [9.17, 15) is 18.0 Å². The first kappa shape index (κ1) is 22.6. The van der Waals surface area contributed by atoms with Crippen LogP contribution in [0.25, 0.3) is 11.0 Å². The summed E-state index contributed by atoms with van der Waals surface area (Å²) in [5, 5.41) is 6.49. The molecule has 0 aliphatic heterocycles. The summed E-state index contributed by atoms with van der Waals surface area (Å²) >= 11 is 12.3. The predicted molar refractivity (Wildman–Crippen MR) is 115 cm³/mol. The lowest BCUT2D eigenvalue weighted by molar-refractivity contribution is -0.182. The van der Waals surface area contributed by atoms with Gasteiger partial charge in [-0.1, -0.05) is 23.2 Å². The standard InChI is InChI=1S/C20H19Cl2F3N6O/c1-31-16-9-27-15(18(32)28-11-4-2-10(3-5-11)20(23,24)25)6-14(16)29-19(31)30-17-12(21)7-26-8-13(17)22/h6-11H,2-5H2,1H3,(H,28,32)(H,26,29,30)/t10-,11-. The Hall–Kier alpha value is -2.59. The molecule has 170 valence electrons. The second-order valence-electron chi connectivity index (χ2n) is 7.72. The van der Waals surface area contributed by atoms with Crippen LogP contribution >= 0.6 is 23.2 Å². The van der Waals surface area contributed by atoms with Crippen LogP contribution in [0.4, 0.5) is 24.8 Å². The molecule has 1 aliphatic carbocycles. The molecule has 1 aliphatic rings. The molecule has 12 heteroatoms. The third-order valence-corrected chi connectivity index (χ3v) is 6.19. The highest BCUT2D eigenvalue weighted by atomic mass is 35.5. The van der Waals surface area contributed by atoms with Crippen LogP contribution in [0.1, 0.15) is 36.2 Å². The molecule has 1 saturated carbocycles. The molecular formula is C20H19Cl2F3N6O. The maximum Gasteiger partial charge on any atom is 0.391 e. The summed E-state index contributed by atoms with van der Waals surface area (Å²) in [5.74, 6) is -1.31. The maximum absolute atomic E-state index is 12.8. The number of fused-ring (bicyclic) bond motifs is 1. The third kappa shape index (κ3) is 4.61. The molecule has 1 fully saturated rings. The Morgan fingerprint density at radius 1 is 1.12 bits per heavy atom. The van der Waals surface area contributed by atoms with Gasteiger partial charge in [-0.25, -0.2) is 9.97 Å². The second-order valence-corrected chi connectivity index (χ2v) is 8.53. The number of nitrogens with zero attached hydrogens (tertiary/aromatic N) is 4. The van der Waals surface area contributed by atoms with Gasteiger partial charge < -0.3 is 15.2 Å². The zero-order valence-electron chi connectivity index (χ0n) is 16.9. The van der Waals surface area contributed by atoms with Crippen LogP contribution in [0.3, 0.4) is 0 Å². The van der Waals surface area contributed by atoms with Crippen LogP contribution in [0.15, 0.2) is 24.7 Å². The van der Waals surface area contributed by atoms with E-state index in [1.165, 1.54) is 24.7 Å². The average molecular weight is 487 g/mol. The Morgan fingerprint density at radius 3 is 2.41 bits per heavy atom. The van der Waals surface area contributed by atoms with Crippen LogP contribution in [0, 0.1) is 5.92 Å². The fraction of sp³-hybridized carbons (Fsp3) is 0.400. The number of halogens is 5. The van der Waals surface area contributed by atoms with E-state index in [0.717, 1.165) is 0 Å². The van der Waals surface area contributed by atoms with Crippen molar-refractivity contribution in [1.82, 2.24) is 24.8 Å². The summed E-state index contributed by atoms with van der Waals surface area (Å²) in [5.41, 5.74) is 1.76. The fourth-order valence-corrected chi connectivity index (χ4v) is 4.25. The molecule has 7 nitrogen and oxygen atoms in total. The quantitative estimate of drug-likeness (QED) is 0.524. The van der Waals surface area contributed by atoms with E-state index in [4.69, 9.17) is 23.2 Å². The molecule has 2 N–H and O–H groups in total. The summed E-state index contributed by atoms with van der Waals surface area (Å²) in [6, 6.07) is 1.22. The van der Waals surface area contributed by atoms with Crippen LogP contribution < -0.4 is 10.6 Å². The zero-order valence-corrected chi connectivity index (χ0v) is 18.4. The average Bonchev–Trinajstić information content (AvgIpc) is 3.05. The Balaban J connectivity index is 1.49. The largest absolute Gasteiger partial charge is 0.391 e. The first-order valence-electron chi connectivity index (χ1n) is 9.89. The number of aromatic nitrogens is 4. The number of amides is 1. The minimum Gasteiger partial charge on any atom is -0.348 e. The van der Waals surface area contributed by atoms with E-state index >= 15 is 0 Å². The Bertz CT molecular complexity index is 1140. The van der Waals surface area contributed by atoms with Crippen molar-refractivity contribution in [2.24, 2.45) is 13.0 Å². The van der Waals surface area contributed by atoms with Crippen LogP contribution in [0.5, 0.6) is 0 Å². The zero-order chi connectivity index (χ0) is 23.0. The molecule has 0 unspecified atom stereocenters. The Labute approximate surface area is 191 Å². The third-order valence-electron chi connectivity index (χ3n) is 5.62. The van der Waals surface area contributed by atoms with Crippen molar-refractivity contribution in [3.63, 3.8) is 0 Å². The van der Waals surface area contributed by atoms with E-state index in [2.05, 4.69) is 25.6 Å². The molecule has 0 spiro atoms. The van der Waals surface area contributed by atoms with E-state index in [1.807, 2.05) is 0 Å². The number of alkyl halides is 3. The molecule has 0 bridgehead atoms. The van der Waals surface area contributed by atoms with Gasteiger partial charge in [0.15, 0.2) is 0 Å². The highest BCUT2D eigenvalue weighted by Crippen LogP contribution is 2.37. The van der Waals surface area contributed by atoms with Gasteiger partial charge in [0.25, 0.3) is 5.91 Å². The maximum atomic E-state index is 12.8. The highest BCUT2D eigenvalue weighted by molar-refractivity contribution is 6.39. The van der Waals surface area contributed by atoms with E-state index in [0.29, 0.717) is 32.7 Å². The number of anilines is 2. The van der Waals surface area contributed by atoms with Crippen molar-refractivity contribution < 1.29 is 18.0 Å². The van der Waals surface area contributed by atoms with Gasteiger partial charge in [-0.3, -0.25) is 9.78 Å². The molecule has 0 atom stereocenters. The summed E-state index contributed by atoms with van der Waals surface area (Å²) in [7, 11) is 1.77. The first-order valence-corrected chi connectivity index (χ1v) is 10.6. The van der Waals surface area contributed by atoms with Crippen LogP contribution in [0.2, 0.25) is 10.0 Å². The molecule has 32 heavy (non-hydrogen) atoms. The minimum absolute atomic E-state index is 0.0102. The van der Waals surface area contributed by atoms with Crippen molar-refractivity contribution in [2.45, 2.75) is 37.9 Å². The lowest BCUT2D eigenvalue weighted by Gasteiger charge is -2.30. The smallest absolute Gasteiger partial charge is 0.348 e. The van der Waals surface area contributed by atoms with E-state index in [-0.39, 0.29) is 37.4 Å². The number of carbonyl (C=O) groups is 1. The van der Waals surface area contributed by atoms with Gasteiger partial charge in [0.1, 0.15) is 5.69 Å². The Morgan fingerprint density at radius 2 is 1.78 bits per heavy atom. The predicted octanol–water partition coefficient (Wildman–Crippen LogP) is 5.26. The van der Waals surface area contributed by atoms with Gasteiger partial charge in [0.05, 0.1) is 38.9 Å². The molecule has 3 aromatic heterocycles. The number of nitrogens with one attached hydrogen (secondary N) is 2. The topological polar surface area (TPSA) is 84.7 Å². The summed E-state index contributed by atoms with van der Waals surface area (Å²) in [4.78, 5) is 25.2. The normalized spacial score (nSPS) is 19.2. The molecule has 0 radical (unpaired) electrons. The van der Waals surface area contributed by atoms with Gasteiger partial charge >= 0.3 is 6.18 Å². The molecular weight excluding hydrogens is 468 g/mol. The monoisotopic (exact) mass is 486 g/mol. The SMILES string of the molecule is Cn1c(Nc2c(Cl)cncc2Cl)nc2cc(C(=O)N[C@H]3CC[C@H](C(F)(F)F)CC3)ncc21. The van der Waals surface area contributed by atoms with Gasteiger partial charge in [0.2, 0.25) is 5.95 Å². The molecule has 4 rings (SSSR count). The second kappa shape index (κ2) is 8.74.